The Hall–Kier alpha value is -4.26. The number of rotatable bonds is 5. The molecule has 2 aliphatic heterocycles. The van der Waals surface area contributed by atoms with E-state index in [1.165, 1.54) is 17.8 Å². The highest BCUT2D eigenvalue weighted by Gasteiger charge is 2.36. The van der Waals surface area contributed by atoms with Gasteiger partial charge < -0.3 is 23.9 Å². The molecule has 42 heavy (non-hydrogen) atoms. The van der Waals surface area contributed by atoms with E-state index in [1.807, 2.05) is 12.1 Å². The zero-order chi connectivity index (χ0) is 29.4. The second-order valence-corrected chi connectivity index (χ2v) is 11.3. The van der Waals surface area contributed by atoms with Crippen molar-refractivity contribution >= 4 is 28.2 Å². The Morgan fingerprint density at radius 1 is 0.952 bits per heavy atom. The van der Waals surface area contributed by atoms with Gasteiger partial charge >= 0.3 is 0 Å². The van der Waals surface area contributed by atoms with Gasteiger partial charge in [-0.3, -0.25) is 9.69 Å². The Morgan fingerprint density at radius 2 is 1.62 bits per heavy atom. The minimum absolute atomic E-state index is 0.0467. The fourth-order valence-corrected chi connectivity index (χ4v) is 6.34. The molecule has 0 N–H and O–H groups in total. The maximum Gasteiger partial charge on any atom is 0.270 e. The number of piperazine rings is 1. The Bertz CT molecular complexity index is 1670. The topological polar surface area (TPSA) is 58.2 Å². The van der Waals surface area contributed by atoms with E-state index in [-0.39, 0.29) is 29.5 Å². The number of anilines is 2. The van der Waals surface area contributed by atoms with Crippen LogP contribution in [0, 0.1) is 12.4 Å². The summed E-state index contributed by atoms with van der Waals surface area (Å²) in [5.41, 5.74) is 5.37. The molecule has 4 aromatic rings. The first-order valence-corrected chi connectivity index (χ1v) is 14.4. The molecule has 6 rings (SSSR count). The lowest BCUT2D eigenvalue weighted by molar-refractivity contribution is 0.122. The zero-order valence-corrected chi connectivity index (χ0v) is 24.2. The van der Waals surface area contributed by atoms with Crippen molar-refractivity contribution in [3.05, 3.63) is 105 Å². The monoisotopic (exact) mass is 566 g/mol. The number of hydrogen-bond donors (Lipinski definition) is 0. The quantitative estimate of drug-likeness (QED) is 0.312. The largest absolute Gasteiger partial charge is 0.378 e. The Morgan fingerprint density at radius 3 is 2.29 bits per heavy atom. The third kappa shape index (κ3) is 5.24. The van der Waals surface area contributed by atoms with E-state index < -0.39 is 0 Å². The summed E-state index contributed by atoms with van der Waals surface area (Å²) < 4.78 is 21.1. The van der Waals surface area contributed by atoms with Gasteiger partial charge in [-0.25, -0.2) is 4.39 Å². The summed E-state index contributed by atoms with van der Waals surface area (Å²) in [6.45, 7) is 16.4. The van der Waals surface area contributed by atoms with Crippen LogP contribution in [0.5, 0.6) is 0 Å². The number of aryl methyl sites for hydroxylation is 1. The van der Waals surface area contributed by atoms with E-state index >= 15 is 0 Å². The molecule has 0 amide bonds. The van der Waals surface area contributed by atoms with Crippen molar-refractivity contribution in [1.29, 1.82) is 0 Å². The lowest BCUT2D eigenvalue weighted by atomic mass is 9.93. The van der Waals surface area contributed by atoms with Gasteiger partial charge in [0.1, 0.15) is 5.82 Å². The molecule has 2 aromatic carbocycles. The molecule has 2 aliphatic rings. The van der Waals surface area contributed by atoms with Crippen LogP contribution >= 0.6 is 0 Å². The number of nitrogens with zero attached hydrogens (tertiary/aromatic N) is 6. The van der Waals surface area contributed by atoms with E-state index in [1.54, 1.807) is 29.8 Å². The number of fused-ring (bicyclic) bond motifs is 1. The molecule has 9 heteroatoms. The molecule has 2 fully saturated rings. The highest BCUT2D eigenvalue weighted by molar-refractivity contribution is 5.89. The van der Waals surface area contributed by atoms with Crippen molar-refractivity contribution in [2.24, 2.45) is 7.05 Å². The predicted molar refractivity (Wildman–Crippen MR) is 164 cm³/mol. The van der Waals surface area contributed by atoms with Crippen molar-refractivity contribution in [1.82, 2.24) is 14.5 Å². The fourth-order valence-electron chi connectivity index (χ4n) is 6.34. The van der Waals surface area contributed by atoms with Gasteiger partial charge in [-0.1, -0.05) is 30.8 Å². The summed E-state index contributed by atoms with van der Waals surface area (Å²) in [6.07, 6.45) is 0. The summed E-state index contributed by atoms with van der Waals surface area (Å²) >= 11 is 0. The van der Waals surface area contributed by atoms with Gasteiger partial charge in [-0.2, -0.15) is 0 Å². The van der Waals surface area contributed by atoms with Gasteiger partial charge in [-0.05, 0) is 61.4 Å². The van der Waals surface area contributed by atoms with Gasteiger partial charge in [-0.15, -0.1) is 4.98 Å². The molecule has 1 unspecified atom stereocenters. The Kier molecular flexibility index (Phi) is 7.67. The lowest BCUT2D eigenvalue weighted by Gasteiger charge is -2.48. The third-order valence-corrected chi connectivity index (χ3v) is 8.61. The van der Waals surface area contributed by atoms with Crippen LogP contribution in [0.15, 0.2) is 71.5 Å². The van der Waals surface area contributed by atoms with Crippen molar-refractivity contribution < 1.29 is 9.13 Å². The number of hydrogen-bond acceptors (Lipinski definition) is 6. The average Bonchev–Trinajstić information content (AvgIpc) is 3.02. The molecule has 0 spiro atoms. The number of pyridine rings is 2. The Balaban J connectivity index is 1.35. The van der Waals surface area contributed by atoms with E-state index in [2.05, 4.69) is 62.6 Å². The number of aromatic nitrogens is 2. The van der Waals surface area contributed by atoms with Crippen LogP contribution in [0.2, 0.25) is 0 Å². The van der Waals surface area contributed by atoms with E-state index in [0.29, 0.717) is 29.9 Å². The van der Waals surface area contributed by atoms with E-state index in [4.69, 9.17) is 11.3 Å². The number of ether oxygens (including phenoxy) is 1. The van der Waals surface area contributed by atoms with Crippen LogP contribution in [0.1, 0.15) is 31.0 Å². The molecule has 4 heterocycles. The zero-order valence-electron chi connectivity index (χ0n) is 24.2. The predicted octanol–water partition coefficient (Wildman–Crippen LogP) is 5.15. The molecule has 3 atom stereocenters. The number of morpholine rings is 1. The van der Waals surface area contributed by atoms with Crippen LogP contribution < -0.4 is 15.4 Å². The molecule has 0 bridgehead atoms. The Labute approximate surface area is 245 Å². The van der Waals surface area contributed by atoms with Crippen molar-refractivity contribution in [3.8, 4) is 0 Å². The van der Waals surface area contributed by atoms with Gasteiger partial charge in [0.15, 0.2) is 0 Å². The number of halogens is 1. The van der Waals surface area contributed by atoms with Crippen molar-refractivity contribution in [2.75, 3.05) is 49.2 Å². The van der Waals surface area contributed by atoms with Crippen molar-refractivity contribution in [3.63, 3.8) is 0 Å². The molecule has 2 aromatic heterocycles. The van der Waals surface area contributed by atoms with Crippen LogP contribution in [0.3, 0.4) is 0 Å². The SMILES string of the molecule is [C-]#[N+]c1ccc2c(n1)c(N1C[C@@H](C)N(C(c3ccc(F)cc3)c3ccc(N4CCOCC4)cc3)C[C@@H]1C)cc(=O)n2C. The van der Waals surface area contributed by atoms with Gasteiger partial charge in [0.25, 0.3) is 11.4 Å². The summed E-state index contributed by atoms with van der Waals surface area (Å²) in [5.74, 6) is 0.0499. The molecule has 8 nitrogen and oxygen atoms in total. The normalized spacial score (nSPS) is 20.5. The highest BCUT2D eigenvalue weighted by atomic mass is 19.1. The molecule has 216 valence electrons. The van der Waals surface area contributed by atoms with Gasteiger partial charge in [0, 0.05) is 57.1 Å². The molecule has 2 saturated heterocycles. The fraction of sp³-hybridized carbons (Fsp3) is 0.364. The minimum Gasteiger partial charge on any atom is -0.378 e. The summed E-state index contributed by atoms with van der Waals surface area (Å²) in [5, 5.41) is 0. The molecule has 0 radical (unpaired) electrons. The second-order valence-electron chi connectivity index (χ2n) is 11.3. The molecular weight excluding hydrogens is 531 g/mol. The molecule has 0 aliphatic carbocycles. The van der Waals surface area contributed by atoms with Crippen LogP contribution in [-0.4, -0.2) is 65.9 Å². The van der Waals surface area contributed by atoms with E-state index in [0.717, 1.165) is 43.1 Å². The smallest absolute Gasteiger partial charge is 0.270 e. The summed E-state index contributed by atoms with van der Waals surface area (Å²) in [7, 11) is 1.73. The molecular formula is C33H35FN6O2. The third-order valence-electron chi connectivity index (χ3n) is 8.61. The van der Waals surface area contributed by atoms with Crippen LogP contribution in [-0.2, 0) is 11.8 Å². The average molecular weight is 567 g/mol. The van der Waals surface area contributed by atoms with Crippen LogP contribution in [0.25, 0.3) is 15.9 Å². The standard InChI is InChI=1S/C33H35FN6O2/c1-22-21-40(23(2)20-39(22)29-19-31(41)37(4)28-13-14-30(35-3)36-32(28)29)33(24-5-9-26(34)10-6-24)25-7-11-27(12-8-25)38-15-17-42-18-16-38/h5-14,19,22-23,33H,15-18,20-21H2,1-2,4H3/t22-,23+,33?/m0/s1. The summed E-state index contributed by atoms with van der Waals surface area (Å²) in [4.78, 5) is 28.1. The first-order chi connectivity index (χ1) is 20.3. The summed E-state index contributed by atoms with van der Waals surface area (Å²) in [6, 6.07) is 20.7. The lowest BCUT2D eigenvalue weighted by Crippen LogP contribution is -2.57. The maximum atomic E-state index is 14.0. The van der Waals surface area contributed by atoms with E-state index in [9.17, 15) is 9.18 Å². The van der Waals surface area contributed by atoms with Crippen LogP contribution in [0.4, 0.5) is 21.6 Å². The highest BCUT2D eigenvalue weighted by Crippen LogP contribution is 2.37. The van der Waals surface area contributed by atoms with Gasteiger partial charge in [0.05, 0.1) is 30.5 Å². The maximum absolute atomic E-state index is 14.0. The first-order valence-electron chi connectivity index (χ1n) is 14.4. The molecule has 0 saturated carbocycles. The first kappa shape index (κ1) is 27.9. The van der Waals surface area contributed by atoms with Crippen molar-refractivity contribution in [2.45, 2.75) is 32.0 Å². The van der Waals surface area contributed by atoms with Gasteiger partial charge in [0.2, 0.25) is 5.52 Å². The number of benzene rings is 2. The minimum atomic E-state index is -0.254. The second kappa shape index (κ2) is 11.6.